The van der Waals surface area contributed by atoms with Gasteiger partial charge in [0, 0.05) is 5.69 Å². The van der Waals surface area contributed by atoms with Crippen molar-refractivity contribution in [3.63, 3.8) is 0 Å². The van der Waals surface area contributed by atoms with Gasteiger partial charge in [-0.15, -0.1) is 0 Å². The minimum atomic E-state index is -0.0635. The molecule has 1 unspecified atom stereocenters. The maximum Gasteiger partial charge on any atom is 0.239 e. The monoisotopic (exact) mass is 312 g/mol. The van der Waals surface area contributed by atoms with Crippen LogP contribution in [0.2, 0.25) is 0 Å². The van der Waals surface area contributed by atoms with Crippen LogP contribution in [0.5, 0.6) is 0 Å². The van der Waals surface area contributed by atoms with E-state index in [9.17, 15) is 4.79 Å². The van der Waals surface area contributed by atoms with Crippen molar-refractivity contribution < 1.29 is 9.90 Å². The highest BCUT2D eigenvalue weighted by molar-refractivity contribution is 5.81. The molecule has 2 aromatic carbocycles. The van der Waals surface area contributed by atoms with Crippen molar-refractivity contribution in [2.75, 3.05) is 11.9 Å². The molecular weight excluding hydrogens is 288 g/mol. The molecule has 0 saturated heterocycles. The predicted molar refractivity (Wildman–Crippen MR) is 93.2 cm³/mol. The number of carbonyl (C=O) groups is 1. The molecule has 4 nitrogen and oxygen atoms in total. The van der Waals surface area contributed by atoms with Gasteiger partial charge < -0.3 is 15.7 Å². The first kappa shape index (κ1) is 17.0. The second kappa shape index (κ2) is 8.34. The van der Waals surface area contributed by atoms with Gasteiger partial charge in [-0.25, -0.2) is 0 Å². The van der Waals surface area contributed by atoms with Gasteiger partial charge >= 0.3 is 0 Å². The minimum Gasteiger partial charge on any atom is -0.392 e. The Morgan fingerprint density at radius 3 is 2.52 bits per heavy atom. The highest BCUT2D eigenvalue weighted by Crippen LogP contribution is 2.14. The standard InChI is InChI=1S/C19H24N2O2/c1-3-15-7-9-17(10-8-15)14(2)21-19(23)12-20-18-6-4-5-16(11-18)13-22/h4-11,14,20,22H,3,12-13H2,1-2H3,(H,21,23). The van der Waals surface area contributed by atoms with Crippen LogP contribution in [0.1, 0.15) is 36.6 Å². The fourth-order valence-corrected chi connectivity index (χ4v) is 2.38. The van der Waals surface area contributed by atoms with Crippen molar-refractivity contribution in [1.29, 1.82) is 0 Å². The number of benzene rings is 2. The number of nitrogens with one attached hydrogen (secondary N) is 2. The van der Waals surface area contributed by atoms with Crippen LogP contribution < -0.4 is 10.6 Å². The lowest BCUT2D eigenvalue weighted by Crippen LogP contribution is -2.32. The van der Waals surface area contributed by atoms with E-state index >= 15 is 0 Å². The van der Waals surface area contributed by atoms with Gasteiger partial charge in [0.25, 0.3) is 0 Å². The molecule has 23 heavy (non-hydrogen) atoms. The van der Waals surface area contributed by atoms with E-state index in [0.29, 0.717) is 0 Å². The van der Waals surface area contributed by atoms with E-state index < -0.39 is 0 Å². The van der Waals surface area contributed by atoms with Gasteiger partial charge in [-0.1, -0.05) is 43.3 Å². The summed E-state index contributed by atoms with van der Waals surface area (Å²) in [5.41, 5.74) is 4.03. The molecule has 122 valence electrons. The Balaban J connectivity index is 1.85. The fraction of sp³-hybridized carbons (Fsp3) is 0.316. The van der Waals surface area contributed by atoms with E-state index in [1.165, 1.54) is 5.56 Å². The van der Waals surface area contributed by atoms with Crippen molar-refractivity contribution in [2.45, 2.75) is 32.9 Å². The van der Waals surface area contributed by atoms with Gasteiger partial charge in [0.1, 0.15) is 0 Å². The molecule has 0 heterocycles. The van der Waals surface area contributed by atoms with Crippen LogP contribution in [0.4, 0.5) is 5.69 Å². The first-order valence-electron chi connectivity index (χ1n) is 7.94. The van der Waals surface area contributed by atoms with Crippen LogP contribution in [0, 0.1) is 0 Å². The van der Waals surface area contributed by atoms with E-state index in [1.807, 2.05) is 31.2 Å². The average molecular weight is 312 g/mol. The topological polar surface area (TPSA) is 61.4 Å². The van der Waals surface area contributed by atoms with Crippen LogP contribution in [0.15, 0.2) is 48.5 Å². The molecule has 0 aliphatic carbocycles. The number of hydrogen-bond donors (Lipinski definition) is 3. The number of hydrogen-bond acceptors (Lipinski definition) is 3. The summed E-state index contributed by atoms with van der Waals surface area (Å²) in [5.74, 6) is -0.0635. The highest BCUT2D eigenvalue weighted by atomic mass is 16.3. The summed E-state index contributed by atoms with van der Waals surface area (Å²) >= 11 is 0. The number of rotatable bonds is 7. The molecule has 1 amide bonds. The van der Waals surface area contributed by atoms with E-state index in [4.69, 9.17) is 5.11 Å². The zero-order chi connectivity index (χ0) is 16.7. The van der Waals surface area contributed by atoms with Crippen molar-refractivity contribution in [3.8, 4) is 0 Å². The van der Waals surface area contributed by atoms with Crippen LogP contribution in [-0.4, -0.2) is 17.6 Å². The van der Waals surface area contributed by atoms with Gasteiger partial charge in [-0.3, -0.25) is 4.79 Å². The molecule has 0 bridgehead atoms. The summed E-state index contributed by atoms with van der Waals surface area (Å²) in [5, 5.41) is 15.2. The van der Waals surface area contributed by atoms with Crippen LogP contribution in [0.25, 0.3) is 0 Å². The molecule has 1 atom stereocenters. The number of anilines is 1. The van der Waals surface area contributed by atoms with Crippen LogP contribution in [0.3, 0.4) is 0 Å². The summed E-state index contributed by atoms with van der Waals surface area (Å²) in [4.78, 5) is 12.1. The molecular formula is C19H24N2O2. The minimum absolute atomic E-state index is 0.00743. The number of aliphatic hydroxyl groups is 1. The quantitative estimate of drug-likeness (QED) is 0.736. The number of carbonyl (C=O) groups excluding carboxylic acids is 1. The third kappa shape index (κ3) is 5.11. The smallest absolute Gasteiger partial charge is 0.239 e. The van der Waals surface area contributed by atoms with Gasteiger partial charge in [0.15, 0.2) is 0 Å². The number of aryl methyl sites for hydroxylation is 1. The van der Waals surface area contributed by atoms with E-state index in [-0.39, 0.29) is 25.1 Å². The Morgan fingerprint density at radius 2 is 1.87 bits per heavy atom. The lowest BCUT2D eigenvalue weighted by Gasteiger charge is -2.15. The Labute approximate surface area is 137 Å². The summed E-state index contributed by atoms with van der Waals surface area (Å²) < 4.78 is 0. The molecule has 0 aliphatic rings. The fourth-order valence-electron chi connectivity index (χ4n) is 2.38. The molecule has 0 saturated carbocycles. The zero-order valence-electron chi connectivity index (χ0n) is 13.7. The van der Waals surface area contributed by atoms with Gasteiger partial charge in [-0.05, 0) is 42.2 Å². The normalized spacial score (nSPS) is 11.8. The molecule has 0 aliphatic heterocycles. The van der Waals surface area contributed by atoms with Crippen molar-refractivity contribution >= 4 is 11.6 Å². The average Bonchev–Trinajstić information content (AvgIpc) is 2.60. The Hall–Kier alpha value is -2.33. The second-order valence-electron chi connectivity index (χ2n) is 5.60. The van der Waals surface area contributed by atoms with Gasteiger partial charge in [0.05, 0.1) is 19.2 Å². The molecule has 0 fully saturated rings. The molecule has 2 aromatic rings. The summed E-state index contributed by atoms with van der Waals surface area (Å²) in [7, 11) is 0. The van der Waals surface area contributed by atoms with Crippen molar-refractivity contribution in [1.82, 2.24) is 5.32 Å². The zero-order valence-corrected chi connectivity index (χ0v) is 13.7. The maximum atomic E-state index is 12.1. The lowest BCUT2D eigenvalue weighted by molar-refractivity contribution is -0.120. The number of aliphatic hydroxyl groups excluding tert-OH is 1. The molecule has 2 rings (SSSR count). The molecule has 3 N–H and O–H groups in total. The van der Waals surface area contributed by atoms with Crippen LogP contribution in [-0.2, 0) is 17.8 Å². The largest absolute Gasteiger partial charge is 0.392 e. The maximum absolute atomic E-state index is 12.1. The lowest BCUT2D eigenvalue weighted by atomic mass is 10.1. The molecule has 0 radical (unpaired) electrons. The first-order valence-corrected chi connectivity index (χ1v) is 7.94. The molecule has 0 aromatic heterocycles. The third-order valence-electron chi connectivity index (χ3n) is 3.83. The van der Waals surface area contributed by atoms with E-state index in [1.54, 1.807) is 0 Å². The van der Waals surface area contributed by atoms with Crippen molar-refractivity contribution in [3.05, 3.63) is 65.2 Å². The van der Waals surface area contributed by atoms with E-state index in [0.717, 1.165) is 23.2 Å². The summed E-state index contributed by atoms with van der Waals surface area (Å²) in [6.07, 6.45) is 1.01. The Bertz CT molecular complexity index is 638. The summed E-state index contributed by atoms with van der Waals surface area (Å²) in [6, 6.07) is 15.7. The van der Waals surface area contributed by atoms with Gasteiger partial charge in [-0.2, -0.15) is 0 Å². The van der Waals surface area contributed by atoms with Crippen LogP contribution >= 0.6 is 0 Å². The van der Waals surface area contributed by atoms with Crippen molar-refractivity contribution in [2.24, 2.45) is 0 Å². The number of amides is 1. The highest BCUT2D eigenvalue weighted by Gasteiger charge is 2.09. The molecule has 4 heteroatoms. The Kier molecular flexibility index (Phi) is 6.18. The Morgan fingerprint density at radius 1 is 1.13 bits per heavy atom. The first-order chi connectivity index (χ1) is 11.1. The van der Waals surface area contributed by atoms with E-state index in [2.05, 4.69) is 41.8 Å². The third-order valence-corrected chi connectivity index (χ3v) is 3.83. The van der Waals surface area contributed by atoms with Gasteiger partial charge in [0.2, 0.25) is 5.91 Å². The summed E-state index contributed by atoms with van der Waals surface area (Å²) in [6.45, 7) is 4.29. The predicted octanol–water partition coefficient (Wildman–Crippen LogP) is 3.03. The molecule has 0 spiro atoms. The SMILES string of the molecule is CCc1ccc(C(C)NC(=O)CNc2cccc(CO)c2)cc1. The second-order valence-corrected chi connectivity index (χ2v) is 5.60.